The first kappa shape index (κ1) is 15.3. The number of hydrogen-bond donors (Lipinski definition) is 1. The van der Waals surface area contributed by atoms with Gasteiger partial charge in [0.05, 0.1) is 5.56 Å². The van der Waals surface area contributed by atoms with Gasteiger partial charge in [0, 0.05) is 0 Å². The van der Waals surface area contributed by atoms with Crippen LogP contribution in [0, 0.1) is 0 Å². The minimum atomic E-state index is -0.871. The minimum absolute atomic E-state index is 0.346. The normalized spacial score (nSPS) is 10.5. The van der Waals surface area contributed by atoms with Crippen LogP contribution in [0.25, 0.3) is 0 Å². The maximum absolute atomic E-state index is 10.8. The average molecular weight is 282 g/mol. The zero-order chi connectivity index (χ0) is 15.1. The molecule has 0 fully saturated rings. The van der Waals surface area contributed by atoms with E-state index in [2.05, 4.69) is 31.2 Å². The molecule has 110 valence electrons. The van der Waals surface area contributed by atoms with E-state index in [9.17, 15) is 4.79 Å². The fraction of sp³-hybridized carbons (Fsp3) is 0.316. The molecule has 0 aliphatic heterocycles. The van der Waals surface area contributed by atoms with E-state index in [1.165, 1.54) is 29.5 Å². The van der Waals surface area contributed by atoms with Gasteiger partial charge in [0.15, 0.2) is 0 Å². The van der Waals surface area contributed by atoms with Crippen molar-refractivity contribution in [3.05, 3.63) is 70.8 Å². The summed E-state index contributed by atoms with van der Waals surface area (Å²) in [4.78, 5) is 10.8. The highest BCUT2D eigenvalue weighted by Crippen LogP contribution is 2.12. The number of unbranched alkanes of at least 4 members (excludes halogenated alkanes) is 1. The maximum Gasteiger partial charge on any atom is 0.335 e. The maximum atomic E-state index is 10.8. The lowest BCUT2D eigenvalue weighted by atomic mass is 10.0. The SMILES string of the molecule is CCCCc1ccc(CCc2ccc(C(=O)O)cc2)cc1. The zero-order valence-electron chi connectivity index (χ0n) is 12.5. The lowest BCUT2D eigenvalue weighted by molar-refractivity contribution is 0.0697. The molecule has 0 heterocycles. The van der Waals surface area contributed by atoms with Crippen molar-refractivity contribution in [1.82, 2.24) is 0 Å². The molecule has 0 saturated carbocycles. The Bertz CT molecular complexity index is 568. The van der Waals surface area contributed by atoms with Gasteiger partial charge in [-0.05, 0) is 54.5 Å². The fourth-order valence-electron chi connectivity index (χ4n) is 2.36. The predicted molar refractivity (Wildman–Crippen MR) is 85.9 cm³/mol. The highest BCUT2D eigenvalue weighted by molar-refractivity contribution is 5.87. The number of carboxylic acids is 1. The van der Waals surface area contributed by atoms with Crippen LogP contribution >= 0.6 is 0 Å². The molecule has 0 saturated heterocycles. The summed E-state index contributed by atoms with van der Waals surface area (Å²) in [6.07, 6.45) is 5.56. The molecule has 0 atom stereocenters. The quantitative estimate of drug-likeness (QED) is 0.811. The molecule has 0 unspecified atom stereocenters. The van der Waals surface area contributed by atoms with E-state index in [1.54, 1.807) is 12.1 Å². The molecule has 0 aliphatic carbocycles. The van der Waals surface area contributed by atoms with Crippen molar-refractivity contribution in [2.24, 2.45) is 0 Å². The van der Waals surface area contributed by atoms with Crippen molar-refractivity contribution in [1.29, 1.82) is 0 Å². The van der Waals surface area contributed by atoms with Gasteiger partial charge >= 0.3 is 5.97 Å². The third-order valence-electron chi connectivity index (χ3n) is 3.75. The van der Waals surface area contributed by atoms with Crippen molar-refractivity contribution < 1.29 is 9.90 Å². The van der Waals surface area contributed by atoms with Crippen LogP contribution in [0.1, 0.15) is 46.8 Å². The molecule has 0 aliphatic rings. The standard InChI is InChI=1S/C19H22O2/c1-2-3-4-15-5-7-16(8-6-15)9-10-17-11-13-18(14-12-17)19(20)21/h5-8,11-14H,2-4,9-10H2,1H3,(H,20,21). The predicted octanol–water partition coefficient (Wildman–Crippen LogP) is 4.51. The minimum Gasteiger partial charge on any atom is -0.478 e. The Balaban J connectivity index is 1.88. The van der Waals surface area contributed by atoms with Crippen LogP contribution in [0.4, 0.5) is 0 Å². The third-order valence-corrected chi connectivity index (χ3v) is 3.75. The van der Waals surface area contributed by atoms with Gasteiger partial charge in [-0.25, -0.2) is 4.79 Å². The summed E-state index contributed by atoms with van der Waals surface area (Å²) in [6, 6.07) is 16.0. The van der Waals surface area contributed by atoms with Crippen LogP contribution in [-0.4, -0.2) is 11.1 Å². The van der Waals surface area contributed by atoms with Gasteiger partial charge < -0.3 is 5.11 Å². The molecule has 21 heavy (non-hydrogen) atoms. The molecule has 1 N–H and O–H groups in total. The number of aryl methyl sites for hydroxylation is 3. The monoisotopic (exact) mass is 282 g/mol. The summed E-state index contributed by atoms with van der Waals surface area (Å²) in [7, 11) is 0. The third kappa shape index (κ3) is 4.75. The van der Waals surface area contributed by atoms with Crippen LogP contribution in [0.2, 0.25) is 0 Å². The van der Waals surface area contributed by atoms with E-state index in [0.29, 0.717) is 5.56 Å². The van der Waals surface area contributed by atoms with Crippen LogP contribution in [0.3, 0.4) is 0 Å². The molecule has 2 aromatic carbocycles. The Hall–Kier alpha value is -2.09. The van der Waals surface area contributed by atoms with Gasteiger partial charge in [-0.2, -0.15) is 0 Å². The average Bonchev–Trinajstić information content (AvgIpc) is 2.52. The second-order valence-corrected chi connectivity index (χ2v) is 5.42. The topological polar surface area (TPSA) is 37.3 Å². The molecule has 0 spiro atoms. The van der Waals surface area contributed by atoms with Crippen molar-refractivity contribution in [2.75, 3.05) is 0 Å². The first-order valence-electron chi connectivity index (χ1n) is 7.59. The molecule has 0 aromatic heterocycles. The Morgan fingerprint density at radius 1 is 0.810 bits per heavy atom. The Labute approximate surface area is 126 Å². The van der Waals surface area contributed by atoms with E-state index in [4.69, 9.17) is 5.11 Å². The van der Waals surface area contributed by atoms with Crippen LogP contribution < -0.4 is 0 Å². The number of hydrogen-bond acceptors (Lipinski definition) is 1. The van der Waals surface area contributed by atoms with E-state index in [-0.39, 0.29) is 0 Å². The van der Waals surface area contributed by atoms with E-state index in [0.717, 1.165) is 19.3 Å². The zero-order valence-corrected chi connectivity index (χ0v) is 12.5. The number of rotatable bonds is 7. The molecule has 0 radical (unpaired) electrons. The van der Waals surface area contributed by atoms with Gasteiger partial charge in [0.25, 0.3) is 0 Å². The van der Waals surface area contributed by atoms with Gasteiger partial charge in [-0.15, -0.1) is 0 Å². The highest BCUT2D eigenvalue weighted by Gasteiger charge is 2.02. The van der Waals surface area contributed by atoms with Gasteiger partial charge in [0.1, 0.15) is 0 Å². The Kier molecular flexibility index (Phi) is 5.56. The number of benzene rings is 2. The number of carboxylic acid groups (broad SMARTS) is 1. The summed E-state index contributed by atoms with van der Waals surface area (Å²) in [5, 5.41) is 8.87. The second-order valence-electron chi connectivity index (χ2n) is 5.42. The summed E-state index contributed by atoms with van der Waals surface area (Å²) in [5.74, 6) is -0.871. The van der Waals surface area contributed by atoms with Crippen molar-refractivity contribution >= 4 is 5.97 Å². The summed E-state index contributed by atoms with van der Waals surface area (Å²) >= 11 is 0. The van der Waals surface area contributed by atoms with Crippen LogP contribution in [0.15, 0.2) is 48.5 Å². The number of aromatic carboxylic acids is 1. The van der Waals surface area contributed by atoms with Gasteiger partial charge in [-0.3, -0.25) is 0 Å². The highest BCUT2D eigenvalue weighted by atomic mass is 16.4. The molecule has 2 nitrogen and oxygen atoms in total. The smallest absolute Gasteiger partial charge is 0.335 e. The Morgan fingerprint density at radius 3 is 1.67 bits per heavy atom. The molecule has 0 amide bonds. The largest absolute Gasteiger partial charge is 0.478 e. The molecule has 2 heteroatoms. The lowest BCUT2D eigenvalue weighted by Gasteiger charge is -2.05. The first-order valence-corrected chi connectivity index (χ1v) is 7.59. The fourth-order valence-corrected chi connectivity index (χ4v) is 2.36. The van der Waals surface area contributed by atoms with Crippen molar-refractivity contribution in [3.63, 3.8) is 0 Å². The first-order chi connectivity index (χ1) is 10.2. The van der Waals surface area contributed by atoms with Crippen molar-refractivity contribution in [2.45, 2.75) is 39.0 Å². The lowest BCUT2D eigenvalue weighted by Crippen LogP contribution is -1.97. The van der Waals surface area contributed by atoms with E-state index < -0.39 is 5.97 Å². The second kappa shape index (κ2) is 7.63. The number of carbonyl (C=O) groups is 1. The van der Waals surface area contributed by atoms with Crippen molar-refractivity contribution in [3.8, 4) is 0 Å². The molecular formula is C19H22O2. The van der Waals surface area contributed by atoms with Gasteiger partial charge in [0.2, 0.25) is 0 Å². The van der Waals surface area contributed by atoms with E-state index >= 15 is 0 Å². The van der Waals surface area contributed by atoms with Gasteiger partial charge in [-0.1, -0.05) is 49.7 Å². The molecule has 2 aromatic rings. The molecule has 0 bridgehead atoms. The molecule has 2 rings (SSSR count). The Morgan fingerprint density at radius 2 is 1.24 bits per heavy atom. The summed E-state index contributed by atoms with van der Waals surface area (Å²) in [5.41, 5.74) is 4.26. The van der Waals surface area contributed by atoms with E-state index in [1.807, 2.05) is 12.1 Å². The van der Waals surface area contributed by atoms with Crippen LogP contribution in [0.5, 0.6) is 0 Å². The van der Waals surface area contributed by atoms with Crippen LogP contribution in [-0.2, 0) is 19.3 Å². The summed E-state index contributed by atoms with van der Waals surface area (Å²) in [6.45, 7) is 2.21. The summed E-state index contributed by atoms with van der Waals surface area (Å²) < 4.78 is 0. The molecular weight excluding hydrogens is 260 g/mol.